The maximum Gasteiger partial charge on any atom is 0.266 e. The number of aryl methyl sites for hydroxylation is 1. The highest BCUT2D eigenvalue weighted by Gasteiger charge is 2.08. The molecule has 16 heavy (non-hydrogen) atoms. The molecule has 0 radical (unpaired) electrons. The Morgan fingerprint density at radius 2 is 2.06 bits per heavy atom. The van der Waals surface area contributed by atoms with E-state index >= 15 is 0 Å². The smallest absolute Gasteiger partial charge is 0.266 e. The van der Waals surface area contributed by atoms with Crippen LogP contribution in [0, 0.1) is 18.3 Å². The summed E-state index contributed by atoms with van der Waals surface area (Å²) in [6.45, 7) is 1.74. The molecule has 2 aromatic heterocycles. The molecule has 0 fully saturated rings. The minimum Gasteiger partial charge on any atom is -0.325 e. The summed E-state index contributed by atoms with van der Waals surface area (Å²) in [5, 5.41) is 8.77. The molecule has 5 nitrogen and oxygen atoms in total. The zero-order valence-electron chi connectivity index (χ0n) is 8.56. The Morgan fingerprint density at radius 3 is 2.69 bits per heavy atom. The molecule has 0 saturated carbocycles. The molecule has 0 aliphatic rings. The van der Waals surface area contributed by atoms with Crippen LogP contribution >= 0.6 is 0 Å². The summed E-state index contributed by atoms with van der Waals surface area (Å²) in [5.74, 6) is 0.493. The monoisotopic (exact) mass is 212 g/mol. The van der Waals surface area contributed by atoms with Crippen LogP contribution in [0.3, 0.4) is 0 Å². The van der Waals surface area contributed by atoms with Gasteiger partial charge in [-0.2, -0.15) is 5.26 Å². The number of nitriles is 1. The van der Waals surface area contributed by atoms with Crippen LogP contribution in [0.5, 0.6) is 0 Å². The topological polar surface area (TPSA) is 82.4 Å². The summed E-state index contributed by atoms with van der Waals surface area (Å²) < 4.78 is 0. The van der Waals surface area contributed by atoms with Crippen molar-refractivity contribution < 1.29 is 0 Å². The fourth-order valence-corrected chi connectivity index (χ4v) is 1.38. The first kappa shape index (κ1) is 10.1. The minimum absolute atomic E-state index is 0.0630. The van der Waals surface area contributed by atoms with Gasteiger partial charge in [-0.25, -0.2) is 9.97 Å². The summed E-state index contributed by atoms with van der Waals surface area (Å²) in [7, 11) is 0. The van der Waals surface area contributed by atoms with Gasteiger partial charge in [-0.05, 0) is 19.1 Å². The number of aromatic nitrogens is 3. The van der Waals surface area contributed by atoms with Crippen LogP contribution in [0.2, 0.25) is 0 Å². The predicted molar refractivity (Wildman–Crippen MR) is 57.5 cm³/mol. The van der Waals surface area contributed by atoms with Gasteiger partial charge in [0.1, 0.15) is 11.6 Å². The van der Waals surface area contributed by atoms with Crippen LogP contribution in [-0.4, -0.2) is 15.0 Å². The van der Waals surface area contributed by atoms with Gasteiger partial charge in [-0.3, -0.25) is 4.79 Å². The van der Waals surface area contributed by atoms with Crippen LogP contribution in [0.1, 0.15) is 11.3 Å². The van der Waals surface area contributed by atoms with E-state index in [9.17, 15) is 4.79 Å². The van der Waals surface area contributed by atoms with Gasteiger partial charge in [-0.15, -0.1) is 0 Å². The van der Waals surface area contributed by atoms with E-state index < -0.39 is 0 Å². The molecule has 2 heterocycles. The van der Waals surface area contributed by atoms with Gasteiger partial charge >= 0.3 is 0 Å². The molecule has 1 N–H and O–H groups in total. The number of aromatic amines is 1. The molecule has 0 aliphatic heterocycles. The van der Waals surface area contributed by atoms with Crippen molar-refractivity contribution in [1.82, 2.24) is 15.0 Å². The number of hydrogen-bond acceptors (Lipinski definition) is 4. The largest absolute Gasteiger partial charge is 0.325 e. The second-order valence-corrected chi connectivity index (χ2v) is 3.24. The van der Waals surface area contributed by atoms with E-state index in [1.165, 1.54) is 6.07 Å². The van der Waals surface area contributed by atoms with Crippen molar-refractivity contribution in [2.24, 2.45) is 0 Å². The van der Waals surface area contributed by atoms with Crippen LogP contribution in [0.15, 0.2) is 29.3 Å². The average Bonchev–Trinajstić information content (AvgIpc) is 2.30. The van der Waals surface area contributed by atoms with E-state index in [1.54, 1.807) is 25.4 Å². The first-order valence-corrected chi connectivity index (χ1v) is 4.64. The summed E-state index contributed by atoms with van der Waals surface area (Å²) in [6, 6.07) is 5.04. The second-order valence-electron chi connectivity index (χ2n) is 3.24. The third-order valence-electron chi connectivity index (χ3n) is 2.17. The Labute approximate surface area is 91.4 Å². The lowest BCUT2D eigenvalue weighted by atomic mass is 10.1. The fourth-order valence-electron chi connectivity index (χ4n) is 1.38. The molecular weight excluding hydrogens is 204 g/mol. The van der Waals surface area contributed by atoms with Gasteiger partial charge in [0.15, 0.2) is 5.82 Å². The van der Waals surface area contributed by atoms with Crippen molar-refractivity contribution in [1.29, 1.82) is 5.26 Å². The molecule has 0 amide bonds. The molecule has 0 atom stereocenters. The minimum atomic E-state index is -0.389. The molecule has 0 spiro atoms. The first-order valence-electron chi connectivity index (χ1n) is 4.64. The van der Waals surface area contributed by atoms with Crippen LogP contribution < -0.4 is 5.56 Å². The van der Waals surface area contributed by atoms with Crippen molar-refractivity contribution in [3.05, 3.63) is 46.1 Å². The number of hydrogen-bond donors (Lipinski definition) is 1. The van der Waals surface area contributed by atoms with E-state index in [-0.39, 0.29) is 11.1 Å². The number of nitrogens with one attached hydrogen (secondary N) is 1. The summed E-state index contributed by atoms with van der Waals surface area (Å²) in [6.07, 6.45) is 3.22. The van der Waals surface area contributed by atoms with Crippen LogP contribution in [0.25, 0.3) is 11.4 Å². The molecule has 0 aromatic carbocycles. The zero-order valence-corrected chi connectivity index (χ0v) is 8.56. The molecule has 2 rings (SSSR count). The summed E-state index contributed by atoms with van der Waals surface area (Å²) in [5.41, 5.74) is 0.986. The van der Waals surface area contributed by atoms with Crippen molar-refractivity contribution in [2.45, 2.75) is 6.92 Å². The lowest BCUT2D eigenvalue weighted by Crippen LogP contribution is -2.12. The van der Waals surface area contributed by atoms with E-state index in [0.717, 1.165) is 0 Å². The van der Waals surface area contributed by atoms with Gasteiger partial charge in [0.05, 0.1) is 0 Å². The van der Waals surface area contributed by atoms with E-state index in [4.69, 9.17) is 5.26 Å². The Morgan fingerprint density at radius 1 is 1.38 bits per heavy atom. The molecular formula is C11H8N4O. The third-order valence-corrected chi connectivity index (χ3v) is 2.17. The highest BCUT2D eigenvalue weighted by atomic mass is 16.1. The molecule has 2 aromatic rings. The van der Waals surface area contributed by atoms with Crippen molar-refractivity contribution >= 4 is 0 Å². The van der Waals surface area contributed by atoms with Gasteiger partial charge in [0, 0.05) is 23.7 Å². The second kappa shape index (κ2) is 3.95. The Hall–Kier alpha value is -2.48. The van der Waals surface area contributed by atoms with Gasteiger partial charge in [0.2, 0.25) is 0 Å². The molecule has 0 saturated heterocycles. The van der Waals surface area contributed by atoms with Crippen LogP contribution in [0.4, 0.5) is 0 Å². The molecule has 5 heteroatoms. The normalized spacial score (nSPS) is 9.75. The lowest BCUT2D eigenvalue weighted by Gasteiger charge is -2.03. The summed E-state index contributed by atoms with van der Waals surface area (Å²) in [4.78, 5) is 22.1. The number of H-pyrrole nitrogens is 1. The molecule has 78 valence electrons. The Balaban J connectivity index is 2.68. The van der Waals surface area contributed by atoms with Gasteiger partial charge < -0.3 is 4.98 Å². The van der Waals surface area contributed by atoms with E-state index in [1.807, 2.05) is 6.07 Å². The molecule has 0 aliphatic carbocycles. The van der Waals surface area contributed by atoms with Crippen LogP contribution in [-0.2, 0) is 0 Å². The predicted octanol–water partition coefficient (Wildman–Crippen LogP) is 1.01. The highest BCUT2D eigenvalue weighted by molar-refractivity contribution is 5.59. The number of pyridine rings is 1. The Bertz CT molecular complexity index is 610. The van der Waals surface area contributed by atoms with E-state index in [0.29, 0.717) is 17.1 Å². The summed E-state index contributed by atoms with van der Waals surface area (Å²) >= 11 is 0. The SMILES string of the molecule is Cc1[nH]c(=O)c(C#N)cc1-c1ncccn1. The quantitative estimate of drug-likeness (QED) is 0.764. The van der Waals surface area contributed by atoms with Gasteiger partial charge in [0.25, 0.3) is 5.56 Å². The Kier molecular flexibility index (Phi) is 2.48. The van der Waals surface area contributed by atoms with Crippen molar-refractivity contribution in [2.75, 3.05) is 0 Å². The first-order chi connectivity index (χ1) is 7.72. The van der Waals surface area contributed by atoms with Gasteiger partial charge in [-0.1, -0.05) is 0 Å². The number of nitrogens with zero attached hydrogens (tertiary/aromatic N) is 3. The highest BCUT2D eigenvalue weighted by Crippen LogP contribution is 2.16. The molecule has 0 bridgehead atoms. The number of rotatable bonds is 1. The zero-order chi connectivity index (χ0) is 11.5. The van der Waals surface area contributed by atoms with Crippen molar-refractivity contribution in [3.8, 4) is 17.5 Å². The standard InChI is InChI=1S/C11H8N4O/c1-7-9(10-13-3-2-4-14-10)5-8(6-12)11(16)15-7/h2-5H,1H3,(H,15,16). The van der Waals surface area contributed by atoms with Crippen molar-refractivity contribution in [3.63, 3.8) is 0 Å². The average molecular weight is 212 g/mol. The maximum atomic E-state index is 11.3. The molecule has 0 unspecified atom stereocenters. The third kappa shape index (κ3) is 1.68. The maximum absolute atomic E-state index is 11.3. The lowest BCUT2D eigenvalue weighted by molar-refractivity contribution is 1.10. The fraction of sp³-hybridized carbons (Fsp3) is 0.0909. The van der Waals surface area contributed by atoms with E-state index in [2.05, 4.69) is 15.0 Å².